The Morgan fingerprint density at radius 2 is 0.411 bits per heavy atom. The van der Waals surface area contributed by atoms with Crippen molar-refractivity contribution in [3.05, 3.63) is 326 Å². The summed E-state index contributed by atoms with van der Waals surface area (Å²) in [7, 11) is 0. The zero-order valence-electron chi connectivity index (χ0n) is 63.5. The smallest absolute Gasteiger partial charge is 0.338 e. The molecule has 4 aliphatic carbocycles. The minimum absolute atomic E-state index is 0.0387. The van der Waals surface area contributed by atoms with Crippen molar-refractivity contribution in [1.29, 1.82) is 0 Å². The third kappa shape index (κ3) is 17.8. The molecule has 18 nitrogen and oxygen atoms in total. The van der Waals surface area contributed by atoms with Crippen LogP contribution in [0.5, 0.6) is 51.7 Å². The second-order valence-electron chi connectivity index (χ2n) is 26.7. The molecule has 0 saturated heterocycles. The monoisotopic (exact) mass is 1490 g/mol. The molecule has 0 spiro atoms. The Kier molecular flexibility index (Phi) is 24.5. The van der Waals surface area contributed by atoms with Crippen LogP contribution >= 0.6 is 0 Å². The molecule has 4 aliphatic rings. The van der Waals surface area contributed by atoms with Crippen LogP contribution in [0.2, 0.25) is 0 Å². The average molecular weight is 1500 g/mol. The summed E-state index contributed by atoms with van der Waals surface area (Å²) in [6.45, 7) is 66.3. The van der Waals surface area contributed by atoms with E-state index in [-0.39, 0.29) is 73.5 Å². The number of hydrogen-bond acceptors (Lipinski definition) is 18. The van der Waals surface area contributed by atoms with E-state index < -0.39 is 53.7 Å². The van der Waals surface area contributed by atoms with Crippen molar-refractivity contribution < 1.29 is 85.8 Å². The van der Waals surface area contributed by atoms with Crippen LogP contribution in [-0.2, 0) is 43.2 Å². The molecular weight excluding hydrogens is 1420 g/mol. The lowest BCUT2D eigenvalue weighted by Gasteiger charge is -2.14. The number of carbonyl (C=O) groups is 9. The van der Waals surface area contributed by atoms with E-state index in [1.165, 1.54) is 71.4 Å². The van der Waals surface area contributed by atoms with Gasteiger partial charge in [0.25, 0.3) is 0 Å². The Morgan fingerprint density at radius 1 is 0.223 bits per heavy atom. The molecule has 0 bridgehead atoms. The van der Waals surface area contributed by atoms with Gasteiger partial charge in [0, 0.05) is 50.2 Å². The molecule has 0 N–H and O–H groups in total. The fraction of sp³-hybridized carbons (Fsp3) is 0.0957. The van der Waals surface area contributed by atoms with Crippen LogP contribution < -0.4 is 42.6 Å². The summed E-state index contributed by atoms with van der Waals surface area (Å²) in [5.74, 6) is -4.28. The Hall–Kier alpha value is -14.7. The number of benzene rings is 8. The maximum Gasteiger partial charge on any atom is 0.338 e. The molecule has 8 aromatic carbocycles. The van der Waals surface area contributed by atoms with Crippen LogP contribution in [-0.4, -0.2) is 53.7 Å². The summed E-state index contributed by atoms with van der Waals surface area (Å²) < 4.78 is 48.4. The Labute approximate surface area is 648 Å². The molecule has 18 heteroatoms. The minimum Gasteiger partial charge on any atom is -0.423 e. The van der Waals surface area contributed by atoms with Gasteiger partial charge in [-0.1, -0.05) is 153 Å². The van der Waals surface area contributed by atoms with E-state index >= 15 is 0 Å². The highest BCUT2D eigenvalue weighted by atomic mass is 16.6. The normalized spacial score (nSPS) is 11.3. The highest BCUT2D eigenvalue weighted by molar-refractivity contribution is 6.07. The van der Waals surface area contributed by atoms with Gasteiger partial charge in [-0.25, -0.2) is 43.2 Å². The Balaban J connectivity index is 0.000000177. The predicted octanol–water partition coefficient (Wildman–Crippen LogP) is 19.9. The van der Waals surface area contributed by atoms with Crippen LogP contribution in [0.15, 0.2) is 276 Å². The summed E-state index contributed by atoms with van der Waals surface area (Å²) in [4.78, 5) is 109. The summed E-state index contributed by atoms with van der Waals surface area (Å²) in [5.41, 5.74) is 19.9. The van der Waals surface area contributed by atoms with E-state index in [1.807, 2.05) is 48.5 Å². The number of esters is 9. The molecule has 0 amide bonds. The first-order valence-corrected chi connectivity index (χ1v) is 34.3. The average Bonchev–Trinajstić information content (AvgIpc) is 1.58. The minimum atomic E-state index is -0.729. The maximum absolute atomic E-state index is 12.3. The Bertz CT molecular complexity index is 5600. The molecule has 8 aromatic rings. The molecular formula is C94H78O18. The van der Waals surface area contributed by atoms with Crippen molar-refractivity contribution >= 4 is 82.1 Å². The van der Waals surface area contributed by atoms with Crippen LogP contribution in [0.25, 0.3) is 72.9 Å². The number of rotatable bonds is 19. The lowest BCUT2D eigenvalue weighted by Crippen LogP contribution is -2.13. The van der Waals surface area contributed by atoms with E-state index in [0.29, 0.717) is 67.4 Å². The zero-order chi connectivity index (χ0) is 82.3. The maximum atomic E-state index is 12.3. The molecule has 0 atom stereocenters. The van der Waals surface area contributed by atoms with E-state index in [1.54, 1.807) is 63.2 Å². The fourth-order valence-electron chi connectivity index (χ4n) is 11.2. The first kappa shape index (κ1) is 81.4. The van der Waals surface area contributed by atoms with Gasteiger partial charge in [0.05, 0.1) is 0 Å². The summed E-state index contributed by atoms with van der Waals surface area (Å²) in [5, 5.41) is 0. The van der Waals surface area contributed by atoms with Crippen molar-refractivity contribution in [2.24, 2.45) is 0 Å². The lowest BCUT2D eigenvalue weighted by molar-refractivity contribution is -0.132. The second-order valence-corrected chi connectivity index (χ2v) is 26.7. The number of ether oxygens (including phenoxy) is 9. The third-order valence-electron chi connectivity index (χ3n) is 17.2. The van der Waals surface area contributed by atoms with Crippen molar-refractivity contribution in [1.82, 2.24) is 0 Å². The van der Waals surface area contributed by atoms with Crippen LogP contribution in [0.4, 0.5) is 0 Å². The molecule has 0 fully saturated rings. The number of fused-ring (bicyclic) bond motifs is 12. The van der Waals surface area contributed by atoms with E-state index in [0.717, 1.165) is 72.3 Å². The van der Waals surface area contributed by atoms with Crippen LogP contribution in [0, 0.1) is 0 Å². The molecule has 0 radical (unpaired) electrons. The van der Waals surface area contributed by atoms with Crippen LogP contribution in [0.3, 0.4) is 0 Å². The number of carbonyl (C=O) groups excluding carboxylic acids is 9. The van der Waals surface area contributed by atoms with E-state index in [4.69, 9.17) is 42.6 Å². The molecule has 112 heavy (non-hydrogen) atoms. The van der Waals surface area contributed by atoms with E-state index in [2.05, 4.69) is 116 Å². The van der Waals surface area contributed by atoms with Gasteiger partial charge in [-0.3, -0.25) is 0 Å². The Morgan fingerprint density at radius 3 is 0.670 bits per heavy atom. The van der Waals surface area contributed by atoms with Crippen molar-refractivity contribution in [2.75, 3.05) is 0 Å². The highest BCUT2D eigenvalue weighted by Gasteiger charge is 2.33. The molecule has 0 aromatic heterocycles. The molecule has 12 rings (SSSR count). The van der Waals surface area contributed by atoms with E-state index in [9.17, 15) is 43.2 Å². The van der Waals surface area contributed by atoms with Crippen molar-refractivity contribution in [3.63, 3.8) is 0 Å². The summed E-state index contributed by atoms with van der Waals surface area (Å²) >= 11 is 0. The third-order valence-corrected chi connectivity index (χ3v) is 17.2. The van der Waals surface area contributed by atoms with Gasteiger partial charge < -0.3 is 42.6 Å². The predicted molar refractivity (Wildman–Crippen MR) is 434 cm³/mol. The topological polar surface area (TPSA) is 237 Å². The molecule has 0 unspecified atom stereocenters. The second kappa shape index (κ2) is 33.6. The standard InChI is InChI=1S/C30H26O8.C26H22O6.C20H16O2.C18H14O2/c1-14(2)27(31)35-23-10-19-18(9)20-11-24(36-28(32)15(3)4)26(38-30(34)17(7)8)13-22(20)21(19)12-25(23)37-29(33)16(5)6;1-13(2)24(27)30-17-8-9-18-19(10-17)16(7)20-11-22(31-25(28)14(3)4)23(12-21(18)20)32-26(29)15(5)6;1-5-14-6-8-16-17-9-7-15(22-20(21)12(2)3)11-19(17)13(4)18(16)10-14;1-11(2)18(19)20-13-8-9-16-15-7-5-4-6-14(15)12(3)17(16)10-13/h10-13H,1,3,5,7,9H2,2,4,6,8H3;8-12H,1,3,5,7H2,2,4,6H3;5-11H,1-2,4H2,3H3;4-10H,1,3H2,2H3. The van der Waals surface area contributed by atoms with Gasteiger partial charge >= 0.3 is 53.7 Å². The molecule has 0 saturated carbocycles. The highest BCUT2D eigenvalue weighted by Crippen LogP contribution is 2.53. The SMILES string of the molecule is C=C(C)C(=O)Oc1cc2c(cc1OC(=O)C(=C)C)-c1cc(OC(=O)C(=C)C)c(OC(=O)C(=C)C)cc1C2=C.C=C(C)C(=O)Oc1ccc2c(c1)C(=C)c1cc(OC(=O)C(=C)C)c(OC(=O)C(=C)C)cc1-2.C=C(C)C(=O)Oc1ccc2c(c1)C(=C)c1ccccc1-2.C=Cc1ccc2c(c1)C(=C)c1cc(OC(=O)C(=C)C)ccc1-2. The van der Waals surface area contributed by atoms with Gasteiger partial charge in [0.1, 0.15) is 17.2 Å². The molecule has 0 heterocycles. The van der Waals surface area contributed by atoms with Crippen LogP contribution in [0.1, 0.15) is 112 Å². The van der Waals surface area contributed by atoms with Crippen molar-refractivity contribution in [3.8, 4) is 96.3 Å². The first-order chi connectivity index (χ1) is 52.8. The van der Waals surface area contributed by atoms with Crippen molar-refractivity contribution in [2.45, 2.75) is 62.3 Å². The number of hydrogen-bond donors (Lipinski definition) is 0. The van der Waals surface area contributed by atoms with Gasteiger partial charge in [-0.15, -0.1) is 0 Å². The lowest BCUT2D eigenvalue weighted by atomic mass is 10.0. The van der Waals surface area contributed by atoms with Gasteiger partial charge in [0.15, 0.2) is 34.5 Å². The summed E-state index contributed by atoms with van der Waals surface area (Å²) in [6, 6.07) is 39.8. The zero-order valence-corrected chi connectivity index (χ0v) is 63.5. The van der Waals surface area contributed by atoms with Gasteiger partial charge in [-0.2, -0.15) is 0 Å². The van der Waals surface area contributed by atoms with Gasteiger partial charge in [0.2, 0.25) is 0 Å². The summed E-state index contributed by atoms with van der Waals surface area (Å²) in [6.07, 6.45) is 1.82. The molecule has 562 valence electrons. The van der Waals surface area contributed by atoms with Gasteiger partial charge in [-0.05, 0) is 258 Å². The first-order valence-electron chi connectivity index (χ1n) is 34.3. The quantitative estimate of drug-likeness (QED) is 0.0415. The fourth-order valence-corrected chi connectivity index (χ4v) is 11.2. The molecule has 0 aliphatic heterocycles. The largest absolute Gasteiger partial charge is 0.423 e.